The number of fused-ring (bicyclic) bond motifs is 1. The molecule has 2 aromatic rings. The van der Waals surface area contributed by atoms with Crippen LogP contribution in [0.4, 0.5) is 5.69 Å². The van der Waals surface area contributed by atoms with Gasteiger partial charge in [0.25, 0.3) is 5.91 Å². The summed E-state index contributed by atoms with van der Waals surface area (Å²) in [4.78, 5) is 59.0. The number of carbonyl (C=O) groups is 4. The van der Waals surface area contributed by atoms with Crippen LogP contribution in [0.2, 0.25) is 0 Å². The van der Waals surface area contributed by atoms with Crippen molar-refractivity contribution in [3.63, 3.8) is 0 Å². The molecule has 0 saturated carbocycles. The number of hydrogen-bond donors (Lipinski definition) is 3. The predicted molar refractivity (Wildman–Crippen MR) is 153 cm³/mol. The summed E-state index contributed by atoms with van der Waals surface area (Å²) < 4.78 is 0. The van der Waals surface area contributed by atoms with Gasteiger partial charge in [-0.2, -0.15) is 24.4 Å². The smallest absolute Gasteiger partial charge is 0.291 e. The van der Waals surface area contributed by atoms with Crippen LogP contribution in [0.3, 0.4) is 0 Å². The molecule has 4 amide bonds. The first-order chi connectivity index (χ1) is 18.1. The van der Waals surface area contributed by atoms with Crippen LogP contribution in [0.15, 0.2) is 59.6 Å². The molecule has 1 aliphatic rings. The average molecular weight is 557 g/mol. The maximum Gasteiger partial charge on any atom is 0.291 e. The summed E-state index contributed by atoms with van der Waals surface area (Å²) in [6, 6.07) is 14.0. The lowest BCUT2D eigenvalue weighted by molar-refractivity contribution is -0.145. The van der Waals surface area contributed by atoms with Gasteiger partial charge in [0.15, 0.2) is 0 Å². The molecule has 38 heavy (non-hydrogen) atoms. The molecular formula is C26H32N6O4S2. The molecule has 0 saturated heterocycles. The van der Waals surface area contributed by atoms with Crippen molar-refractivity contribution >= 4 is 59.4 Å². The Kier molecular flexibility index (Phi) is 9.95. The Hall–Kier alpha value is -3.35. The standard InChI is InChI=1S/C26H32N6O4S2/c1-16(33)31(21(23(28)34)13-14-38-3)32-20-12-8-7-11-18(20)22(17-9-5-4-6-10-17)29-24(26(32)36)30(2)25(35)19(27)15-37/h4-12,19,21,24,37H,13-15,27H2,1-3H3,(H2,28,34)/t19?,21-,24?/m0/s1. The van der Waals surface area contributed by atoms with Crippen LogP contribution in [-0.2, 0) is 19.2 Å². The Balaban J connectivity index is 2.31. The Bertz CT molecular complexity index is 1230. The SMILES string of the molecule is CSCC[C@@H](C(N)=O)N(C(C)=O)N1C(=O)C(N(C)C(=O)C(N)CS)N=C(c2ccccc2)c2ccccc21. The van der Waals surface area contributed by atoms with Crippen LogP contribution in [0.5, 0.6) is 0 Å². The Morgan fingerprint density at radius 2 is 1.76 bits per heavy atom. The van der Waals surface area contributed by atoms with Crippen molar-refractivity contribution in [2.24, 2.45) is 16.5 Å². The second-order valence-electron chi connectivity index (χ2n) is 8.69. The molecule has 1 heterocycles. The van der Waals surface area contributed by atoms with Crippen molar-refractivity contribution in [3.8, 4) is 0 Å². The van der Waals surface area contributed by atoms with Crippen LogP contribution < -0.4 is 16.5 Å². The quantitative estimate of drug-likeness (QED) is 0.377. The van der Waals surface area contributed by atoms with Crippen LogP contribution in [-0.4, -0.2) is 82.3 Å². The molecule has 0 aliphatic carbocycles. The number of likely N-dealkylation sites (N-methyl/N-ethyl adjacent to an activating group) is 1. The van der Waals surface area contributed by atoms with E-state index in [1.807, 2.05) is 36.6 Å². The van der Waals surface area contributed by atoms with Gasteiger partial charge in [-0.3, -0.25) is 19.2 Å². The summed E-state index contributed by atoms with van der Waals surface area (Å²) in [5, 5.41) is 2.21. The van der Waals surface area contributed by atoms with Gasteiger partial charge in [0, 0.05) is 30.9 Å². The van der Waals surface area contributed by atoms with E-state index in [9.17, 15) is 19.2 Å². The molecule has 0 bridgehead atoms. The van der Waals surface area contributed by atoms with Gasteiger partial charge in [0.1, 0.15) is 6.04 Å². The highest BCUT2D eigenvalue weighted by atomic mass is 32.2. The summed E-state index contributed by atoms with van der Waals surface area (Å²) in [7, 11) is 1.42. The first kappa shape index (κ1) is 29.2. The summed E-state index contributed by atoms with van der Waals surface area (Å²) >= 11 is 5.60. The first-order valence-corrected chi connectivity index (χ1v) is 13.9. The van der Waals surface area contributed by atoms with E-state index < -0.39 is 41.9 Å². The third kappa shape index (κ3) is 6.03. The van der Waals surface area contributed by atoms with Crippen molar-refractivity contribution < 1.29 is 19.2 Å². The monoisotopic (exact) mass is 556 g/mol. The third-order valence-corrected chi connectivity index (χ3v) is 7.14. The zero-order chi connectivity index (χ0) is 28.0. The van der Waals surface area contributed by atoms with Gasteiger partial charge in [-0.25, -0.2) is 15.0 Å². The molecule has 0 radical (unpaired) electrons. The maximum absolute atomic E-state index is 14.3. The zero-order valence-corrected chi connectivity index (χ0v) is 23.2. The number of nitrogens with zero attached hydrogens (tertiary/aromatic N) is 4. The number of carbonyl (C=O) groups excluding carboxylic acids is 4. The number of hydrazine groups is 1. The largest absolute Gasteiger partial charge is 0.368 e. The first-order valence-electron chi connectivity index (χ1n) is 11.9. The normalized spacial score (nSPS) is 16.6. The van der Waals surface area contributed by atoms with Gasteiger partial charge in [0.2, 0.25) is 23.9 Å². The minimum atomic E-state index is -1.40. The van der Waals surface area contributed by atoms with E-state index in [1.165, 1.54) is 25.7 Å². The number of anilines is 1. The molecule has 4 N–H and O–H groups in total. The van der Waals surface area contributed by atoms with Gasteiger partial charge < -0.3 is 16.4 Å². The highest BCUT2D eigenvalue weighted by Gasteiger charge is 2.43. The van der Waals surface area contributed by atoms with Gasteiger partial charge >= 0.3 is 0 Å². The fraction of sp³-hybridized carbons (Fsp3) is 0.346. The number of thiol groups is 1. The Labute approximate surface area is 231 Å². The van der Waals surface area contributed by atoms with Crippen molar-refractivity contribution in [2.75, 3.05) is 29.8 Å². The number of para-hydroxylation sites is 1. The average Bonchev–Trinajstić information content (AvgIpc) is 3.04. The van der Waals surface area contributed by atoms with Crippen molar-refractivity contribution in [2.45, 2.75) is 31.6 Å². The minimum Gasteiger partial charge on any atom is -0.368 e. The molecular weight excluding hydrogens is 524 g/mol. The summed E-state index contributed by atoms with van der Waals surface area (Å²) in [5.41, 5.74) is 13.7. The zero-order valence-electron chi connectivity index (χ0n) is 21.5. The number of rotatable bonds is 10. The summed E-state index contributed by atoms with van der Waals surface area (Å²) in [6.07, 6.45) is 0.689. The number of primary amides is 1. The van der Waals surface area contributed by atoms with Crippen molar-refractivity contribution in [3.05, 3.63) is 65.7 Å². The molecule has 2 aromatic carbocycles. The van der Waals surface area contributed by atoms with E-state index in [1.54, 1.807) is 24.3 Å². The molecule has 202 valence electrons. The van der Waals surface area contributed by atoms with Crippen LogP contribution >= 0.6 is 24.4 Å². The summed E-state index contributed by atoms with van der Waals surface area (Å²) in [6.45, 7) is 1.26. The highest BCUT2D eigenvalue weighted by molar-refractivity contribution is 7.98. The number of benzene rings is 2. The van der Waals surface area contributed by atoms with E-state index in [4.69, 9.17) is 16.5 Å². The molecule has 3 atom stereocenters. The lowest BCUT2D eigenvalue weighted by Crippen LogP contribution is -2.62. The van der Waals surface area contributed by atoms with Crippen molar-refractivity contribution in [1.82, 2.24) is 9.91 Å². The van der Waals surface area contributed by atoms with Crippen molar-refractivity contribution in [1.29, 1.82) is 0 Å². The molecule has 1 aliphatic heterocycles. The minimum absolute atomic E-state index is 0.0568. The van der Waals surface area contributed by atoms with Crippen LogP contribution in [0, 0.1) is 0 Å². The Morgan fingerprint density at radius 1 is 1.13 bits per heavy atom. The molecule has 3 rings (SSSR count). The molecule has 12 heteroatoms. The number of benzodiazepines with no additional fused rings is 1. The fourth-order valence-corrected chi connectivity index (χ4v) is 4.82. The molecule has 0 aromatic heterocycles. The number of hydrogen-bond acceptors (Lipinski definition) is 8. The number of aliphatic imine (C=N–C) groups is 1. The number of amides is 4. The topological polar surface area (TPSA) is 142 Å². The van der Waals surface area contributed by atoms with Gasteiger partial charge in [-0.05, 0) is 24.5 Å². The second kappa shape index (κ2) is 12.9. The van der Waals surface area contributed by atoms with Gasteiger partial charge in [-0.15, -0.1) is 0 Å². The summed E-state index contributed by atoms with van der Waals surface area (Å²) in [5.74, 6) is -2.01. The highest BCUT2D eigenvalue weighted by Crippen LogP contribution is 2.32. The second-order valence-corrected chi connectivity index (χ2v) is 10.0. The molecule has 10 nitrogen and oxygen atoms in total. The number of nitrogens with two attached hydrogens (primary N) is 2. The van der Waals surface area contributed by atoms with E-state index in [0.29, 0.717) is 28.3 Å². The molecule has 0 fully saturated rings. The maximum atomic E-state index is 14.3. The molecule has 2 unspecified atom stereocenters. The van der Waals surface area contributed by atoms with E-state index in [2.05, 4.69) is 12.6 Å². The van der Waals surface area contributed by atoms with Crippen LogP contribution in [0.25, 0.3) is 0 Å². The predicted octanol–water partition coefficient (Wildman–Crippen LogP) is 1.28. The van der Waals surface area contributed by atoms with Gasteiger partial charge in [-0.1, -0.05) is 48.5 Å². The van der Waals surface area contributed by atoms with E-state index >= 15 is 0 Å². The lowest BCUT2D eigenvalue weighted by atomic mass is 10.0. The third-order valence-electron chi connectivity index (χ3n) is 6.10. The molecule has 0 spiro atoms. The van der Waals surface area contributed by atoms with E-state index in [0.717, 1.165) is 14.9 Å². The lowest BCUT2D eigenvalue weighted by Gasteiger charge is -2.40. The van der Waals surface area contributed by atoms with Gasteiger partial charge in [0.05, 0.1) is 17.4 Å². The Morgan fingerprint density at radius 3 is 2.34 bits per heavy atom. The van der Waals surface area contributed by atoms with Crippen LogP contribution in [0.1, 0.15) is 24.5 Å². The fourth-order valence-electron chi connectivity index (χ4n) is 4.21. The number of thioether (sulfide) groups is 1. The van der Waals surface area contributed by atoms with E-state index in [-0.39, 0.29) is 12.2 Å².